The lowest BCUT2D eigenvalue weighted by atomic mass is 9.76. The Balaban J connectivity index is 1.38. The molecule has 2 fully saturated rings. The number of aromatic nitrogens is 2. The summed E-state index contributed by atoms with van der Waals surface area (Å²) in [7, 11) is 1.66. The lowest BCUT2D eigenvalue weighted by Gasteiger charge is -2.49. The Hall–Kier alpha value is -1.93. The number of hydrogen-bond donors (Lipinski definition) is 2. The summed E-state index contributed by atoms with van der Waals surface area (Å²) in [4.78, 5) is 2.39. The van der Waals surface area contributed by atoms with Gasteiger partial charge in [0, 0.05) is 37.8 Å². The molecular weight excluding hydrogens is 358 g/mol. The van der Waals surface area contributed by atoms with Crippen molar-refractivity contribution in [2.75, 3.05) is 26.8 Å². The Morgan fingerprint density at radius 3 is 2.75 bits per heavy atom. The van der Waals surface area contributed by atoms with Crippen LogP contribution in [-0.2, 0) is 11.3 Å². The fourth-order valence-electron chi connectivity index (χ4n) is 4.35. The first-order valence-corrected chi connectivity index (χ1v) is 9.85. The van der Waals surface area contributed by atoms with Crippen LogP contribution in [0, 0.1) is 0 Å². The maximum absolute atomic E-state index is 10.5. The van der Waals surface area contributed by atoms with Gasteiger partial charge in [0.1, 0.15) is 17.5 Å². The van der Waals surface area contributed by atoms with E-state index in [0.29, 0.717) is 6.42 Å². The molecule has 1 aromatic carbocycles. The molecule has 1 spiro atoms. The van der Waals surface area contributed by atoms with Gasteiger partial charge in [-0.25, -0.2) is 4.68 Å². The van der Waals surface area contributed by atoms with Crippen molar-refractivity contribution in [1.82, 2.24) is 14.7 Å². The van der Waals surface area contributed by atoms with Gasteiger partial charge in [0.25, 0.3) is 0 Å². The molecule has 2 aromatic rings. The third kappa shape index (κ3) is 3.80. The van der Waals surface area contributed by atoms with E-state index in [-0.39, 0.29) is 12.2 Å². The maximum atomic E-state index is 10.5. The molecule has 3 heterocycles. The quantitative estimate of drug-likeness (QED) is 0.832. The minimum absolute atomic E-state index is 0.207. The Labute approximate surface area is 165 Å². The summed E-state index contributed by atoms with van der Waals surface area (Å²) >= 11 is 0. The van der Waals surface area contributed by atoms with E-state index in [1.165, 1.54) is 0 Å². The fourth-order valence-corrected chi connectivity index (χ4v) is 4.35. The molecule has 0 bridgehead atoms. The Morgan fingerprint density at radius 1 is 1.29 bits per heavy atom. The van der Waals surface area contributed by atoms with Crippen LogP contribution in [-0.4, -0.2) is 69.0 Å². The van der Waals surface area contributed by atoms with Gasteiger partial charge in [0.05, 0.1) is 31.1 Å². The highest BCUT2D eigenvalue weighted by Crippen LogP contribution is 2.39. The molecule has 0 saturated carbocycles. The van der Waals surface area contributed by atoms with Crippen molar-refractivity contribution in [3.63, 3.8) is 0 Å². The number of piperidine rings is 1. The number of hydrogen-bond acceptors (Lipinski definition) is 6. The summed E-state index contributed by atoms with van der Waals surface area (Å²) < 4.78 is 13.2. The van der Waals surface area contributed by atoms with Gasteiger partial charge < -0.3 is 19.7 Å². The molecule has 0 radical (unpaired) electrons. The second-order valence-electron chi connectivity index (χ2n) is 8.28. The number of rotatable bonds is 4. The highest BCUT2D eigenvalue weighted by molar-refractivity contribution is 5.46. The number of likely N-dealkylation sites (tertiary alicyclic amines) is 1. The molecule has 0 unspecified atom stereocenters. The van der Waals surface area contributed by atoms with Crippen LogP contribution in [0.5, 0.6) is 5.75 Å². The molecular formula is C21H29N3O4. The molecule has 2 aliphatic heterocycles. The van der Waals surface area contributed by atoms with Crippen LogP contribution in [0.2, 0.25) is 0 Å². The smallest absolute Gasteiger partial charge is 0.144 e. The second kappa shape index (κ2) is 7.48. The van der Waals surface area contributed by atoms with Crippen LogP contribution in [0.1, 0.15) is 31.7 Å². The molecule has 7 heteroatoms. The lowest BCUT2D eigenvalue weighted by Crippen LogP contribution is -2.59. The van der Waals surface area contributed by atoms with E-state index in [0.717, 1.165) is 49.5 Å². The van der Waals surface area contributed by atoms with Crippen molar-refractivity contribution >= 4 is 0 Å². The van der Waals surface area contributed by atoms with Gasteiger partial charge in [0.15, 0.2) is 0 Å². The van der Waals surface area contributed by atoms with Gasteiger partial charge in [-0.2, -0.15) is 5.10 Å². The summed E-state index contributed by atoms with van der Waals surface area (Å²) in [6, 6.07) is 7.83. The van der Waals surface area contributed by atoms with E-state index >= 15 is 0 Å². The summed E-state index contributed by atoms with van der Waals surface area (Å²) in [5, 5.41) is 24.9. The zero-order valence-corrected chi connectivity index (χ0v) is 16.5. The molecule has 1 aromatic heterocycles. The third-order valence-electron chi connectivity index (χ3n) is 6.09. The predicted octanol–water partition coefficient (Wildman–Crippen LogP) is 1.75. The van der Waals surface area contributed by atoms with Crippen LogP contribution >= 0.6 is 0 Å². The van der Waals surface area contributed by atoms with Crippen LogP contribution in [0.3, 0.4) is 0 Å². The monoisotopic (exact) mass is 387 g/mol. The van der Waals surface area contributed by atoms with Crippen LogP contribution < -0.4 is 4.74 Å². The van der Waals surface area contributed by atoms with Crippen molar-refractivity contribution in [3.05, 3.63) is 42.2 Å². The first-order valence-electron chi connectivity index (χ1n) is 9.85. The summed E-state index contributed by atoms with van der Waals surface area (Å²) in [5.74, 6) is 0.792. The SMILES string of the molecule is COc1ccccc1-n1cc(CN2CCC3(CC2)C[C@](C)(O)[C@@H](O)CO3)cn1. The van der Waals surface area contributed by atoms with Gasteiger partial charge >= 0.3 is 0 Å². The highest BCUT2D eigenvalue weighted by atomic mass is 16.5. The molecule has 0 aliphatic carbocycles. The number of nitrogens with zero attached hydrogens (tertiary/aromatic N) is 3. The van der Waals surface area contributed by atoms with E-state index in [2.05, 4.69) is 10.00 Å². The molecule has 2 aliphatic rings. The van der Waals surface area contributed by atoms with E-state index in [1.54, 1.807) is 14.0 Å². The van der Waals surface area contributed by atoms with E-state index in [1.807, 2.05) is 41.3 Å². The number of aliphatic hydroxyl groups excluding tert-OH is 1. The van der Waals surface area contributed by atoms with Crippen LogP contribution in [0.25, 0.3) is 5.69 Å². The van der Waals surface area contributed by atoms with E-state index < -0.39 is 11.7 Å². The zero-order valence-electron chi connectivity index (χ0n) is 16.5. The molecule has 28 heavy (non-hydrogen) atoms. The van der Waals surface area contributed by atoms with E-state index in [9.17, 15) is 10.2 Å². The lowest BCUT2D eigenvalue weighted by molar-refractivity contribution is -0.223. The molecule has 2 N–H and O–H groups in total. The first-order chi connectivity index (χ1) is 13.4. The molecule has 2 saturated heterocycles. The van der Waals surface area contributed by atoms with Crippen molar-refractivity contribution in [1.29, 1.82) is 0 Å². The minimum atomic E-state index is -1.07. The summed E-state index contributed by atoms with van der Waals surface area (Å²) in [6.45, 7) is 4.53. The zero-order chi connectivity index (χ0) is 19.8. The molecule has 7 nitrogen and oxygen atoms in total. The van der Waals surface area contributed by atoms with Crippen LogP contribution in [0.4, 0.5) is 0 Å². The predicted molar refractivity (Wildman–Crippen MR) is 105 cm³/mol. The maximum Gasteiger partial charge on any atom is 0.144 e. The standard InChI is InChI=1S/C21H29N3O4/c1-20(26)15-21(28-14-19(20)25)7-9-23(10-8-21)12-16-11-22-24(13-16)17-5-3-4-6-18(17)27-2/h3-6,11,13,19,25-26H,7-10,12,14-15H2,1-2H3/t19-,20-/m0/s1. The average Bonchev–Trinajstić information content (AvgIpc) is 3.15. The summed E-state index contributed by atoms with van der Waals surface area (Å²) in [6.07, 6.45) is 5.33. The average molecular weight is 387 g/mol. The number of ether oxygens (including phenoxy) is 2. The number of para-hydroxylation sites is 2. The van der Waals surface area contributed by atoms with Gasteiger partial charge in [-0.05, 0) is 31.9 Å². The molecule has 4 rings (SSSR count). The van der Waals surface area contributed by atoms with Crippen molar-refractivity contribution < 1.29 is 19.7 Å². The number of methoxy groups -OCH3 is 1. The van der Waals surface area contributed by atoms with Gasteiger partial charge in [-0.15, -0.1) is 0 Å². The van der Waals surface area contributed by atoms with Gasteiger partial charge in [-0.1, -0.05) is 12.1 Å². The van der Waals surface area contributed by atoms with E-state index in [4.69, 9.17) is 9.47 Å². The van der Waals surface area contributed by atoms with Crippen LogP contribution in [0.15, 0.2) is 36.7 Å². The van der Waals surface area contributed by atoms with Crippen molar-refractivity contribution in [3.8, 4) is 11.4 Å². The molecule has 152 valence electrons. The second-order valence-corrected chi connectivity index (χ2v) is 8.28. The minimum Gasteiger partial charge on any atom is -0.494 e. The largest absolute Gasteiger partial charge is 0.494 e. The number of aliphatic hydroxyl groups is 2. The van der Waals surface area contributed by atoms with Gasteiger partial charge in [-0.3, -0.25) is 4.90 Å². The topological polar surface area (TPSA) is 80.0 Å². The molecule has 0 amide bonds. The first kappa shape index (κ1) is 19.4. The fraction of sp³-hybridized carbons (Fsp3) is 0.571. The Kier molecular flexibility index (Phi) is 5.18. The Bertz CT molecular complexity index is 811. The number of benzene rings is 1. The summed E-state index contributed by atoms with van der Waals surface area (Å²) in [5.41, 5.74) is 0.677. The Morgan fingerprint density at radius 2 is 2.04 bits per heavy atom. The van der Waals surface area contributed by atoms with Crippen molar-refractivity contribution in [2.45, 2.75) is 50.0 Å². The third-order valence-corrected chi connectivity index (χ3v) is 6.09. The van der Waals surface area contributed by atoms with Crippen molar-refractivity contribution in [2.24, 2.45) is 0 Å². The normalized spacial score (nSPS) is 27.8. The highest BCUT2D eigenvalue weighted by Gasteiger charge is 2.48. The molecule has 2 atom stereocenters. The van der Waals surface area contributed by atoms with Gasteiger partial charge in [0.2, 0.25) is 0 Å².